The van der Waals surface area contributed by atoms with Gasteiger partial charge in [-0.05, 0) is 75.4 Å². The third-order valence-electron chi connectivity index (χ3n) is 7.55. The number of hydrogen-bond acceptors (Lipinski definition) is 6. The number of imide groups is 1. The first kappa shape index (κ1) is 34.2. The van der Waals surface area contributed by atoms with Crippen molar-refractivity contribution < 1.29 is 24.0 Å². The Morgan fingerprint density at radius 3 is 2.11 bits per heavy atom. The van der Waals surface area contributed by atoms with Gasteiger partial charge in [-0.3, -0.25) is 28.9 Å². The Balaban J connectivity index is 1.61. The van der Waals surface area contributed by atoms with Gasteiger partial charge in [0.1, 0.15) is 12.1 Å². The van der Waals surface area contributed by atoms with Crippen LogP contribution in [0, 0.1) is 0 Å². The fourth-order valence-electron chi connectivity index (χ4n) is 4.95. The Bertz CT molecular complexity index is 1260. The van der Waals surface area contributed by atoms with Gasteiger partial charge < -0.3 is 21.3 Å². The van der Waals surface area contributed by atoms with E-state index < -0.39 is 18.0 Å². The molecule has 3 rings (SSSR count). The van der Waals surface area contributed by atoms with E-state index in [-0.39, 0.29) is 36.5 Å². The lowest BCUT2D eigenvalue weighted by atomic mass is 10.0. The summed E-state index contributed by atoms with van der Waals surface area (Å²) >= 11 is 0. The van der Waals surface area contributed by atoms with Gasteiger partial charge in [-0.1, -0.05) is 55.8 Å². The maximum absolute atomic E-state index is 13.6. The van der Waals surface area contributed by atoms with E-state index in [1.807, 2.05) is 61.6 Å². The van der Waals surface area contributed by atoms with Crippen LogP contribution in [0.4, 0.5) is 5.69 Å². The fraction of sp³-hybridized carbons (Fsp3) is 0.441. The van der Waals surface area contributed by atoms with E-state index in [1.165, 1.54) is 17.1 Å². The SMILES string of the molecule is CCc1ccc(NC(=O)[C@H](CCCCNC)NC(=O)[C@H](Cc2ccccc2)NC(=O)CCCCCN2C(=O)C=CC2=O)cc1. The van der Waals surface area contributed by atoms with Gasteiger partial charge >= 0.3 is 0 Å². The van der Waals surface area contributed by atoms with Crippen LogP contribution in [0.3, 0.4) is 0 Å². The molecule has 236 valence electrons. The number of aryl methyl sites for hydroxylation is 1. The topological polar surface area (TPSA) is 137 Å². The van der Waals surface area contributed by atoms with Gasteiger partial charge in [0.25, 0.3) is 11.8 Å². The zero-order chi connectivity index (χ0) is 31.7. The van der Waals surface area contributed by atoms with Gasteiger partial charge in [0.05, 0.1) is 0 Å². The van der Waals surface area contributed by atoms with Crippen molar-refractivity contribution in [2.75, 3.05) is 25.5 Å². The standard InChI is InChI=1S/C34H45N5O5/c1-3-25-16-18-27(19-17-25)36-33(43)28(14-9-10-22-35-2)38-34(44)29(24-26-12-6-4-7-13-26)37-30(40)15-8-5-11-23-39-31(41)20-21-32(39)42/h4,6-7,12-13,16-21,28-29,35H,3,5,8-11,14-15,22-24H2,1-2H3,(H,36,43)(H,37,40)(H,38,44)/t28-,29-/m0/s1. The highest BCUT2D eigenvalue weighted by Crippen LogP contribution is 2.13. The zero-order valence-electron chi connectivity index (χ0n) is 25.8. The van der Waals surface area contributed by atoms with Crippen LogP contribution in [0.25, 0.3) is 0 Å². The molecule has 0 saturated heterocycles. The van der Waals surface area contributed by atoms with Crippen LogP contribution in [-0.2, 0) is 36.8 Å². The maximum Gasteiger partial charge on any atom is 0.253 e. The molecule has 1 heterocycles. The number of nitrogens with one attached hydrogen (secondary N) is 4. The average Bonchev–Trinajstić information content (AvgIpc) is 3.35. The van der Waals surface area contributed by atoms with E-state index in [2.05, 4.69) is 28.2 Å². The lowest BCUT2D eigenvalue weighted by Gasteiger charge is -2.23. The number of benzene rings is 2. The summed E-state index contributed by atoms with van der Waals surface area (Å²) in [4.78, 5) is 64.5. The van der Waals surface area contributed by atoms with Gasteiger partial charge in [-0.25, -0.2) is 0 Å². The van der Waals surface area contributed by atoms with Crippen LogP contribution in [0.2, 0.25) is 0 Å². The second-order valence-corrected chi connectivity index (χ2v) is 11.0. The molecule has 1 aliphatic rings. The van der Waals surface area contributed by atoms with Gasteiger partial charge in [-0.2, -0.15) is 0 Å². The maximum atomic E-state index is 13.6. The number of amides is 5. The Labute approximate surface area is 260 Å². The Morgan fingerprint density at radius 2 is 1.45 bits per heavy atom. The number of rotatable bonds is 19. The quantitative estimate of drug-likeness (QED) is 0.144. The molecule has 4 N–H and O–H groups in total. The summed E-state index contributed by atoms with van der Waals surface area (Å²) in [7, 11) is 1.87. The second-order valence-electron chi connectivity index (χ2n) is 11.0. The van der Waals surface area contributed by atoms with E-state index in [1.54, 1.807) is 0 Å². The third-order valence-corrected chi connectivity index (χ3v) is 7.55. The Hall–Kier alpha value is -4.31. The van der Waals surface area contributed by atoms with Gasteiger partial charge in [0, 0.05) is 37.2 Å². The minimum atomic E-state index is -0.868. The summed E-state index contributed by atoms with van der Waals surface area (Å²) in [6, 6.07) is 15.4. The van der Waals surface area contributed by atoms with Crippen molar-refractivity contribution in [3.05, 3.63) is 77.9 Å². The van der Waals surface area contributed by atoms with Crippen LogP contribution in [-0.4, -0.2) is 66.7 Å². The lowest BCUT2D eigenvalue weighted by molar-refractivity contribution is -0.137. The molecule has 0 saturated carbocycles. The third kappa shape index (κ3) is 11.4. The number of carbonyl (C=O) groups is 5. The highest BCUT2D eigenvalue weighted by Gasteiger charge is 2.27. The molecule has 2 atom stereocenters. The zero-order valence-corrected chi connectivity index (χ0v) is 25.8. The summed E-state index contributed by atoms with van der Waals surface area (Å²) < 4.78 is 0. The summed E-state index contributed by atoms with van der Waals surface area (Å²) in [5, 5.41) is 11.8. The van der Waals surface area contributed by atoms with Crippen LogP contribution in [0.15, 0.2) is 66.7 Å². The van der Waals surface area contributed by atoms with Crippen LogP contribution >= 0.6 is 0 Å². The Morgan fingerprint density at radius 1 is 0.750 bits per heavy atom. The minimum Gasteiger partial charge on any atom is -0.344 e. The van der Waals surface area contributed by atoms with Crippen molar-refractivity contribution in [2.24, 2.45) is 0 Å². The molecule has 0 fully saturated rings. The average molecular weight is 604 g/mol. The highest BCUT2D eigenvalue weighted by molar-refractivity contribution is 6.12. The lowest BCUT2D eigenvalue weighted by Crippen LogP contribution is -2.53. The van der Waals surface area contributed by atoms with Crippen molar-refractivity contribution in [1.29, 1.82) is 0 Å². The molecule has 10 nitrogen and oxygen atoms in total. The number of anilines is 1. The molecular weight excluding hydrogens is 558 g/mol. The molecule has 1 aliphatic heterocycles. The highest BCUT2D eigenvalue weighted by atomic mass is 16.2. The molecule has 0 bridgehead atoms. The predicted molar refractivity (Wildman–Crippen MR) is 171 cm³/mol. The number of nitrogens with zero attached hydrogens (tertiary/aromatic N) is 1. The normalized spacial score (nSPS) is 13.9. The number of carbonyl (C=O) groups excluding carboxylic acids is 5. The van der Waals surface area contributed by atoms with E-state index in [9.17, 15) is 24.0 Å². The molecule has 2 aromatic carbocycles. The van der Waals surface area contributed by atoms with Crippen molar-refractivity contribution in [3.8, 4) is 0 Å². The van der Waals surface area contributed by atoms with Gasteiger partial charge in [0.2, 0.25) is 17.7 Å². The van der Waals surface area contributed by atoms with Crippen molar-refractivity contribution in [3.63, 3.8) is 0 Å². The van der Waals surface area contributed by atoms with Crippen molar-refractivity contribution in [1.82, 2.24) is 20.9 Å². The molecule has 0 radical (unpaired) electrons. The van der Waals surface area contributed by atoms with Crippen molar-refractivity contribution in [2.45, 2.75) is 76.8 Å². The monoisotopic (exact) mass is 603 g/mol. The molecule has 0 aliphatic carbocycles. The van der Waals surface area contributed by atoms with Gasteiger partial charge in [-0.15, -0.1) is 0 Å². The minimum absolute atomic E-state index is 0.195. The smallest absolute Gasteiger partial charge is 0.253 e. The number of unbranched alkanes of at least 4 members (excludes halogenated alkanes) is 3. The second kappa shape index (κ2) is 18.4. The molecular formula is C34H45N5O5. The summed E-state index contributed by atoms with van der Waals surface area (Å²) in [5.41, 5.74) is 2.70. The summed E-state index contributed by atoms with van der Waals surface area (Å²) in [6.45, 7) is 3.18. The first-order chi connectivity index (χ1) is 21.3. The van der Waals surface area contributed by atoms with E-state index in [0.29, 0.717) is 37.9 Å². The molecule has 44 heavy (non-hydrogen) atoms. The van der Waals surface area contributed by atoms with E-state index in [4.69, 9.17) is 0 Å². The molecule has 0 unspecified atom stereocenters. The molecule has 10 heteroatoms. The Kier molecular flexibility index (Phi) is 14.3. The molecule has 0 aromatic heterocycles. The van der Waals surface area contributed by atoms with Gasteiger partial charge in [0.15, 0.2) is 0 Å². The van der Waals surface area contributed by atoms with E-state index >= 15 is 0 Å². The summed E-state index contributed by atoms with van der Waals surface area (Å²) in [5.74, 6) is -1.63. The summed E-state index contributed by atoms with van der Waals surface area (Å²) in [6.07, 6.45) is 7.69. The fourth-order valence-corrected chi connectivity index (χ4v) is 4.95. The first-order valence-corrected chi connectivity index (χ1v) is 15.5. The molecule has 5 amide bonds. The van der Waals surface area contributed by atoms with Crippen LogP contribution in [0.5, 0.6) is 0 Å². The largest absolute Gasteiger partial charge is 0.344 e. The van der Waals surface area contributed by atoms with E-state index in [0.717, 1.165) is 36.9 Å². The van der Waals surface area contributed by atoms with Crippen LogP contribution < -0.4 is 21.3 Å². The van der Waals surface area contributed by atoms with Crippen LogP contribution in [0.1, 0.15) is 63.0 Å². The first-order valence-electron chi connectivity index (χ1n) is 15.5. The molecule has 2 aromatic rings. The molecule has 0 spiro atoms. The predicted octanol–water partition coefficient (Wildman–Crippen LogP) is 3.27. The number of hydrogen-bond donors (Lipinski definition) is 4. The van der Waals surface area contributed by atoms with Crippen molar-refractivity contribution >= 4 is 35.2 Å².